The van der Waals surface area contributed by atoms with Crippen LogP contribution in [-0.4, -0.2) is 30.8 Å². The maximum absolute atomic E-state index is 14.0. The number of carbonyl (C=O) groups excluding carboxylic acids is 1. The first-order valence-corrected chi connectivity index (χ1v) is 8.53. The molecule has 0 saturated heterocycles. The van der Waals surface area contributed by atoms with Crippen LogP contribution in [0.5, 0.6) is 0 Å². The van der Waals surface area contributed by atoms with Crippen LogP contribution < -0.4 is 0 Å². The maximum Gasteiger partial charge on any atom is 0.147 e. The van der Waals surface area contributed by atoms with Crippen LogP contribution in [0.3, 0.4) is 0 Å². The van der Waals surface area contributed by atoms with E-state index in [1.54, 1.807) is 6.92 Å². The van der Waals surface area contributed by atoms with E-state index in [0.717, 1.165) is 11.6 Å². The van der Waals surface area contributed by atoms with E-state index < -0.39 is 17.0 Å². The number of halogens is 2. The topological polar surface area (TPSA) is 20.3 Å². The van der Waals surface area contributed by atoms with E-state index in [0.29, 0.717) is 12.0 Å². The minimum absolute atomic E-state index is 0.0436. The van der Waals surface area contributed by atoms with Crippen molar-refractivity contribution in [2.45, 2.75) is 38.1 Å². The molecule has 2 rings (SSSR count). The predicted octanol–water partition coefficient (Wildman–Crippen LogP) is 4.57. The minimum Gasteiger partial charge on any atom is -0.307 e. The Kier molecular flexibility index (Phi) is 6.07. The zero-order chi connectivity index (χ0) is 18.6. The normalized spacial score (nSPS) is 15.0. The zero-order valence-electron chi connectivity index (χ0n) is 15.2. The number of ketones is 1. The Morgan fingerprint density at radius 3 is 2.08 bits per heavy atom. The fourth-order valence-electron chi connectivity index (χ4n) is 3.29. The first-order chi connectivity index (χ1) is 11.8. The second-order valence-corrected chi connectivity index (χ2v) is 6.72. The van der Waals surface area contributed by atoms with Gasteiger partial charge in [0.2, 0.25) is 0 Å². The molecule has 0 amide bonds. The highest BCUT2D eigenvalue weighted by atomic mass is 19.1. The highest BCUT2D eigenvalue weighted by molar-refractivity contribution is 5.93. The summed E-state index contributed by atoms with van der Waals surface area (Å²) in [7, 11) is 3.87. The molecule has 0 fully saturated rings. The predicted molar refractivity (Wildman–Crippen MR) is 96.6 cm³/mol. The van der Waals surface area contributed by atoms with Crippen molar-refractivity contribution in [3.05, 3.63) is 71.3 Å². The average Bonchev–Trinajstić information content (AvgIpc) is 2.58. The molecule has 0 N–H and O–H groups in total. The fraction of sp³-hybridized carbons (Fsp3) is 0.381. The third kappa shape index (κ3) is 3.96. The van der Waals surface area contributed by atoms with Crippen molar-refractivity contribution < 1.29 is 13.6 Å². The molecule has 0 aliphatic rings. The van der Waals surface area contributed by atoms with Gasteiger partial charge in [0.25, 0.3) is 0 Å². The van der Waals surface area contributed by atoms with E-state index in [4.69, 9.17) is 0 Å². The third-order valence-electron chi connectivity index (χ3n) is 4.90. The van der Waals surface area contributed by atoms with Gasteiger partial charge in [0.05, 0.1) is 5.41 Å². The number of Topliss-reactive ketones (excluding diaryl/α,β-unsaturated/α-hetero) is 1. The van der Waals surface area contributed by atoms with Crippen LogP contribution in [0.2, 0.25) is 0 Å². The van der Waals surface area contributed by atoms with Gasteiger partial charge in [0.15, 0.2) is 0 Å². The van der Waals surface area contributed by atoms with Crippen LogP contribution in [0.4, 0.5) is 8.78 Å². The molecule has 25 heavy (non-hydrogen) atoms. The van der Waals surface area contributed by atoms with E-state index >= 15 is 0 Å². The molecule has 0 radical (unpaired) electrons. The lowest BCUT2D eigenvalue weighted by molar-refractivity contribution is -0.123. The van der Waals surface area contributed by atoms with Gasteiger partial charge in [0, 0.05) is 18.5 Å². The number of hydrogen-bond donors (Lipinski definition) is 0. The molecule has 134 valence electrons. The quantitative estimate of drug-likeness (QED) is 0.733. The molecule has 0 aliphatic heterocycles. The zero-order valence-corrected chi connectivity index (χ0v) is 15.2. The van der Waals surface area contributed by atoms with Gasteiger partial charge >= 0.3 is 0 Å². The molecule has 2 atom stereocenters. The molecule has 2 aromatic rings. The molecule has 0 heterocycles. The summed E-state index contributed by atoms with van der Waals surface area (Å²) < 4.78 is 28.0. The number of rotatable bonds is 7. The summed E-state index contributed by atoms with van der Waals surface area (Å²) in [4.78, 5) is 15.2. The fourth-order valence-corrected chi connectivity index (χ4v) is 3.29. The van der Waals surface area contributed by atoms with Crippen LogP contribution in [0.15, 0.2) is 48.5 Å². The van der Waals surface area contributed by atoms with Gasteiger partial charge in [-0.3, -0.25) is 4.79 Å². The van der Waals surface area contributed by atoms with Gasteiger partial charge < -0.3 is 4.90 Å². The summed E-state index contributed by atoms with van der Waals surface area (Å²) >= 11 is 0. The van der Waals surface area contributed by atoms with Crippen molar-refractivity contribution in [1.29, 1.82) is 0 Å². The Morgan fingerprint density at radius 1 is 1.04 bits per heavy atom. The molecule has 0 bridgehead atoms. The lowest BCUT2D eigenvalue weighted by Gasteiger charge is -2.37. The molecule has 4 heteroatoms. The molecule has 0 aliphatic carbocycles. The van der Waals surface area contributed by atoms with Gasteiger partial charge in [-0.2, -0.15) is 0 Å². The summed E-state index contributed by atoms with van der Waals surface area (Å²) in [6, 6.07) is 12.7. The highest BCUT2D eigenvalue weighted by Gasteiger charge is 2.42. The van der Waals surface area contributed by atoms with E-state index in [1.165, 1.54) is 12.1 Å². The Labute approximate surface area is 148 Å². The Balaban J connectivity index is 2.76. The van der Waals surface area contributed by atoms with Crippen molar-refractivity contribution in [2.24, 2.45) is 0 Å². The Hall–Kier alpha value is -2.07. The number of carbonyl (C=O) groups is 1. The van der Waals surface area contributed by atoms with E-state index in [2.05, 4.69) is 0 Å². The van der Waals surface area contributed by atoms with E-state index in [-0.39, 0.29) is 18.2 Å². The number of hydrogen-bond acceptors (Lipinski definition) is 2. The molecule has 2 aromatic carbocycles. The molecule has 0 spiro atoms. The van der Waals surface area contributed by atoms with Gasteiger partial charge in [-0.15, -0.1) is 0 Å². The maximum atomic E-state index is 14.0. The summed E-state index contributed by atoms with van der Waals surface area (Å²) in [6.07, 6.45) is 0.729. The smallest absolute Gasteiger partial charge is 0.147 e. The minimum atomic E-state index is -1.08. The molecule has 0 saturated carbocycles. The van der Waals surface area contributed by atoms with Crippen molar-refractivity contribution in [3.8, 4) is 0 Å². The number of nitrogens with zero attached hydrogens (tertiary/aromatic N) is 1. The standard InChI is InChI=1S/C21H25F2NO/c1-5-20(25)21(14-15(2)24(3)4,16-9-7-6-8-10-16)17-11-18(22)13-19(23)12-17/h6-13,15H,5,14H2,1-4H3/t15-,21-/m0/s1. The summed E-state index contributed by atoms with van der Waals surface area (Å²) in [5.74, 6) is -1.38. The van der Waals surface area contributed by atoms with Crippen molar-refractivity contribution in [2.75, 3.05) is 14.1 Å². The van der Waals surface area contributed by atoms with Gasteiger partial charge in [-0.05, 0) is 50.7 Å². The third-order valence-corrected chi connectivity index (χ3v) is 4.90. The van der Waals surface area contributed by atoms with Gasteiger partial charge in [-0.1, -0.05) is 37.3 Å². The second kappa shape index (κ2) is 7.87. The van der Waals surface area contributed by atoms with Crippen LogP contribution in [-0.2, 0) is 10.2 Å². The van der Waals surface area contributed by atoms with Crippen LogP contribution in [0, 0.1) is 11.6 Å². The highest BCUT2D eigenvalue weighted by Crippen LogP contribution is 2.40. The van der Waals surface area contributed by atoms with Gasteiger partial charge in [-0.25, -0.2) is 8.78 Å². The van der Waals surface area contributed by atoms with E-state index in [1.807, 2.05) is 56.3 Å². The Bertz CT molecular complexity index is 710. The van der Waals surface area contributed by atoms with Crippen LogP contribution in [0.1, 0.15) is 37.8 Å². The molecular weight excluding hydrogens is 320 g/mol. The van der Waals surface area contributed by atoms with Gasteiger partial charge in [0.1, 0.15) is 17.4 Å². The lowest BCUT2D eigenvalue weighted by atomic mass is 9.66. The van der Waals surface area contributed by atoms with Crippen LogP contribution in [0.25, 0.3) is 0 Å². The van der Waals surface area contributed by atoms with Crippen molar-refractivity contribution in [1.82, 2.24) is 4.90 Å². The molecule has 0 aromatic heterocycles. The Morgan fingerprint density at radius 2 is 1.60 bits per heavy atom. The summed E-state index contributed by atoms with van der Waals surface area (Å²) in [5, 5.41) is 0. The van der Waals surface area contributed by atoms with Crippen LogP contribution >= 0.6 is 0 Å². The van der Waals surface area contributed by atoms with E-state index in [9.17, 15) is 13.6 Å². The number of benzene rings is 2. The molecule has 2 nitrogen and oxygen atoms in total. The lowest BCUT2D eigenvalue weighted by Crippen LogP contribution is -2.43. The second-order valence-electron chi connectivity index (χ2n) is 6.72. The van der Waals surface area contributed by atoms with Crippen molar-refractivity contribution in [3.63, 3.8) is 0 Å². The van der Waals surface area contributed by atoms with Crippen molar-refractivity contribution >= 4 is 5.78 Å². The summed E-state index contributed by atoms with van der Waals surface area (Å²) in [5.41, 5.74) is 0.0557. The summed E-state index contributed by atoms with van der Waals surface area (Å²) in [6.45, 7) is 3.80. The SMILES string of the molecule is CCC(=O)[C@@](C[C@H](C)N(C)C)(c1ccccc1)c1cc(F)cc(F)c1. The first kappa shape index (κ1) is 19.3. The molecule has 0 unspecified atom stereocenters. The monoisotopic (exact) mass is 345 g/mol. The largest absolute Gasteiger partial charge is 0.307 e. The first-order valence-electron chi connectivity index (χ1n) is 8.53. The average molecular weight is 345 g/mol. The molecular formula is C21H25F2NO.